The minimum absolute atomic E-state index is 0.0747. The van der Waals surface area contributed by atoms with Crippen LogP contribution >= 0.6 is 11.8 Å². The molecule has 0 bridgehead atoms. The van der Waals surface area contributed by atoms with Gasteiger partial charge in [-0.15, -0.1) is 0 Å². The van der Waals surface area contributed by atoms with Crippen molar-refractivity contribution in [3.05, 3.63) is 29.3 Å². The quantitative estimate of drug-likeness (QED) is 0.729. The van der Waals surface area contributed by atoms with Crippen LogP contribution in [0.15, 0.2) is 18.2 Å². The van der Waals surface area contributed by atoms with Crippen molar-refractivity contribution in [1.82, 2.24) is 5.32 Å². The molecule has 0 unspecified atom stereocenters. The van der Waals surface area contributed by atoms with Gasteiger partial charge in [0.15, 0.2) is 0 Å². The Kier molecular flexibility index (Phi) is 5.81. The number of halogens is 3. The average molecular weight is 319 g/mol. The molecule has 1 aromatic rings. The Bertz CT molecular complexity index is 461. The van der Waals surface area contributed by atoms with E-state index in [0.717, 1.165) is 18.6 Å². The SMILES string of the molecule is CCSCCOc1ccc(CNC2CC2)cc1C(F)(F)F. The molecule has 1 aromatic carbocycles. The van der Waals surface area contributed by atoms with E-state index in [2.05, 4.69) is 5.32 Å². The normalized spacial score (nSPS) is 15.2. The van der Waals surface area contributed by atoms with Gasteiger partial charge in [0.05, 0.1) is 12.2 Å². The van der Waals surface area contributed by atoms with Crippen molar-refractivity contribution in [3.63, 3.8) is 0 Å². The summed E-state index contributed by atoms with van der Waals surface area (Å²) in [4.78, 5) is 0. The Labute approximate surface area is 127 Å². The summed E-state index contributed by atoms with van der Waals surface area (Å²) in [6.07, 6.45) is -2.16. The molecular weight excluding hydrogens is 299 g/mol. The fourth-order valence-electron chi connectivity index (χ4n) is 1.94. The van der Waals surface area contributed by atoms with Gasteiger partial charge in [0, 0.05) is 18.3 Å². The van der Waals surface area contributed by atoms with E-state index >= 15 is 0 Å². The number of nitrogens with one attached hydrogen (secondary N) is 1. The number of hydrogen-bond acceptors (Lipinski definition) is 3. The first-order valence-corrected chi connectivity index (χ1v) is 8.30. The van der Waals surface area contributed by atoms with Gasteiger partial charge in [0.25, 0.3) is 0 Å². The monoisotopic (exact) mass is 319 g/mol. The van der Waals surface area contributed by atoms with Crippen LogP contribution in [0.3, 0.4) is 0 Å². The Morgan fingerprint density at radius 2 is 2.10 bits per heavy atom. The Balaban J connectivity index is 2.03. The number of benzene rings is 1. The summed E-state index contributed by atoms with van der Waals surface area (Å²) in [6, 6.07) is 4.80. The van der Waals surface area contributed by atoms with E-state index in [9.17, 15) is 13.2 Å². The summed E-state index contributed by atoms with van der Waals surface area (Å²) >= 11 is 1.65. The van der Waals surface area contributed by atoms with Gasteiger partial charge < -0.3 is 10.1 Å². The molecule has 118 valence electrons. The Morgan fingerprint density at radius 3 is 2.71 bits per heavy atom. The minimum Gasteiger partial charge on any atom is -0.492 e. The Morgan fingerprint density at radius 1 is 1.33 bits per heavy atom. The molecule has 1 N–H and O–H groups in total. The van der Waals surface area contributed by atoms with Crippen molar-refractivity contribution in [1.29, 1.82) is 0 Å². The molecular formula is C15H20F3NOS. The molecule has 0 saturated heterocycles. The van der Waals surface area contributed by atoms with Crippen molar-refractivity contribution in [2.24, 2.45) is 0 Å². The molecule has 2 rings (SSSR count). The number of rotatable bonds is 8. The van der Waals surface area contributed by atoms with Crippen molar-refractivity contribution in [3.8, 4) is 5.75 Å². The largest absolute Gasteiger partial charge is 0.492 e. The van der Waals surface area contributed by atoms with E-state index in [1.54, 1.807) is 17.8 Å². The smallest absolute Gasteiger partial charge is 0.419 e. The van der Waals surface area contributed by atoms with Crippen LogP contribution in [-0.4, -0.2) is 24.2 Å². The lowest BCUT2D eigenvalue weighted by atomic mass is 10.1. The summed E-state index contributed by atoms with van der Waals surface area (Å²) < 4.78 is 44.6. The van der Waals surface area contributed by atoms with Gasteiger partial charge in [-0.2, -0.15) is 24.9 Å². The predicted octanol–water partition coefficient (Wildman–Crippen LogP) is 4.09. The molecule has 0 atom stereocenters. The molecule has 1 aliphatic carbocycles. The fraction of sp³-hybridized carbons (Fsp3) is 0.600. The second-order valence-electron chi connectivity index (χ2n) is 5.03. The number of alkyl halides is 3. The van der Waals surface area contributed by atoms with E-state index in [0.29, 0.717) is 30.5 Å². The lowest BCUT2D eigenvalue weighted by molar-refractivity contribution is -0.138. The zero-order valence-corrected chi connectivity index (χ0v) is 12.8. The fourth-order valence-corrected chi connectivity index (χ4v) is 2.43. The van der Waals surface area contributed by atoms with Crippen LogP contribution in [0.2, 0.25) is 0 Å². The topological polar surface area (TPSA) is 21.3 Å². The first kappa shape index (κ1) is 16.5. The molecule has 0 heterocycles. The van der Waals surface area contributed by atoms with Gasteiger partial charge in [-0.05, 0) is 36.3 Å². The maximum Gasteiger partial charge on any atom is 0.419 e. The van der Waals surface area contributed by atoms with Crippen molar-refractivity contribution < 1.29 is 17.9 Å². The zero-order chi connectivity index (χ0) is 15.3. The number of thioether (sulfide) groups is 1. The van der Waals surface area contributed by atoms with Crippen molar-refractivity contribution >= 4 is 11.8 Å². The van der Waals surface area contributed by atoms with E-state index < -0.39 is 11.7 Å². The molecule has 0 spiro atoms. The number of hydrogen-bond donors (Lipinski definition) is 1. The molecule has 0 aliphatic heterocycles. The van der Waals surface area contributed by atoms with E-state index in [4.69, 9.17) is 4.74 Å². The summed E-state index contributed by atoms with van der Waals surface area (Å²) in [5.41, 5.74) is -0.0383. The first-order chi connectivity index (χ1) is 10.0. The zero-order valence-electron chi connectivity index (χ0n) is 12.0. The summed E-state index contributed by atoms with van der Waals surface area (Å²) in [5, 5.41) is 3.22. The molecule has 0 radical (unpaired) electrons. The van der Waals surface area contributed by atoms with E-state index in [1.165, 1.54) is 12.1 Å². The minimum atomic E-state index is -4.39. The summed E-state index contributed by atoms with van der Waals surface area (Å²) in [6.45, 7) is 2.77. The maximum atomic E-state index is 13.1. The highest BCUT2D eigenvalue weighted by Gasteiger charge is 2.34. The van der Waals surface area contributed by atoms with Crippen molar-refractivity contribution in [2.75, 3.05) is 18.1 Å². The van der Waals surface area contributed by atoms with Gasteiger partial charge in [-0.25, -0.2) is 0 Å². The molecule has 21 heavy (non-hydrogen) atoms. The molecule has 1 saturated carbocycles. The summed E-state index contributed by atoms with van der Waals surface area (Å²) in [7, 11) is 0. The third kappa shape index (κ3) is 5.43. The maximum absolute atomic E-state index is 13.1. The molecule has 1 fully saturated rings. The van der Waals surface area contributed by atoms with Gasteiger partial charge in [0.1, 0.15) is 5.75 Å². The van der Waals surface area contributed by atoms with Gasteiger partial charge in [-0.3, -0.25) is 0 Å². The van der Waals surface area contributed by atoms with Gasteiger partial charge in [0.2, 0.25) is 0 Å². The second-order valence-corrected chi connectivity index (χ2v) is 6.42. The molecule has 6 heteroatoms. The van der Waals surface area contributed by atoms with Gasteiger partial charge in [-0.1, -0.05) is 13.0 Å². The van der Waals surface area contributed by atoms with E-state index in [1.807, 2.05) is 6.92 Å². The lowest BCUT2D eigenvalue weighted by Crippen LogP contribution is -2.17. The van der Waals surface area contributed by atoms with Crippen LogP contribution in [0.4, 0.5) is 13.2 Å². The van der Waals surface area contributed by atoms with Crippen LogP contribution < -0.4 is 10.1 Å². The third-order valence-corrected chi connectivity index (χ3v) is 4.07. The molecule has 0 amide bonds. The highest BCUT2D eigenvalue weighted by molar-refractivity contribution is 7.99. The average Bonchev–Trinajstić information content (AvgIpc) is 3.25. The van der Waals surface area contributed by atoms with Crippen LogP contribution in [0.25, 0.3) is 0 Å². The van der Waals surface area contributed by atoms with Gasteiger partial charge >= 0.3 is 6.18 Å². The third-order valence-electron chi connectivity index (χ3n) is 3.21. The number of ether oxygens (including phenoxy) is 1. The van der Waals surface area contributed by atoms with Crippen LogP contribution in [0.1, 0.15) is 30.9 Å². The van der Waals surface area contributed by atoms with Crippen molar-refractivity contribution in [2.45, 2.75) is 38.5 Å². The highest BCUT2D eigenvalue weighted by Crippen LogP contribution is 2.37. The predicted molar refractivity (Wildman–Crippen MR) is 79.8 cm³/mol. The first-order valence-electron chi connectivity index (χ1n) is 7.14. The van der Waals surface area contributed by atoms with Crippen LogP contribution in [0, 0.1) is 0 Å². The second kappa shape index (κ2) is 7.40. The Hall–Kier alpha value is -0.880. The van der Waals surface area contributed by atoms with Crippen LogP contribution in [-0.2, 0) is 12.7 Å². The lowest BCUT2D eigenvalue weighted by Gasteiger charge is -2.15. The summed E-state index contributed by atoms with van der Waals surface area (Å²) in [5.74, 6) is 1.55. The molecule has 0 aromatic heterocycles. The van der Waals surface area contributed by atoms with Crippen LogP contribution in [0.5, 0.6) is 5.75 Å². The molecule has 2 nitrogen and oxygen atoms in total. The highest BCUT2D eigenvalue weighted by atomic mass is 32.2. The standard InChI is InChI=1S/C15H20F3NOS/c1-2-21-8-7-20-14-6-3-11(10-19-12-4-5-12)9-13(14)15(16,17)18/h3,6,9,12,19H,2,4-5,7-8,10H2,1H3. The molecule has 1 aliphatic rings. The van der Waals surface area contributed by atoms with E-state index in [-0.39, 0.29) is 5.75 Å².